The number of halogens is 2. The van der Waals surface area contributed by atoms with Gasteiger partial charge in [-0.1, -0.05) is 6.07 Å². The van der Waals surface area contributed by atoms with E-state index >= 15 is 0 Å². The molecule has 1 aliphatic rings. The molecule has 28 heavy (non-hydrogen) atoms. The van der Waals surface area contributed by atoms with Gasteiger partial charge in [-0.15, -0.1) is 12.4 Å². The van der Waals surface area contributed by atoms with Gasteiger partial charge in [-0.2, -0.15) is 4.31 Å². The molecule has 9 nitrogen and oxygen atoms in total. The minimum atomic E-state index is -4.20. The quantitative estimate of drug-likeness (QED) is 0.566. The number of ether oxygens (including phenoxy) is 1. The Morgan fingerprint density at radius 3 is 2.79 bits per heavy atom. The zero-order chi connectivity index (χ0) is 19.6. The minimum Gasteiger partial charge on any atom is -0.488 e. The van der Waals surface area contributed by atoms with Crippen LogP contribution in [0, 0.1) is 15.9 Å². The van der Waals surface area contributed by atoms with Crippen molar-refractivity contribution >= 4 is 28.1 Å². The zero-order valence-electron chi connectivity index (χ0n) is 14.7. The van der Waals surface area contributed by atoms with Gasteiger partial charge in [0.2, 0.25) is 15.8 Å². The van der Waals surface area contributed by atoms with E-state index in [0.717, 1.165) is 19.2 Å². The highest BCUT2D eigenvalue weighted by molar-refractivity contribution is 7.89. The van der Waals surface area contributed by atoms with E-state index in [1.54, 1.807) is 24.5 Å². The van der Waals surface area contributed by atoms with Gasteiger partial charge in [0.15, 0.2) is 5.82 Å². The Bertz CT molecular complexity index is 961. The van der Waals surface area contributed by atoms with Gasteiger partial charge in [0.05, 0.1) is 23.0 Å². The maximum atomic E-state index is 14.3. The molecule has 1 fully saturated rings. The van der Waals surface area contributed by atoms with Crippen molar-refractivity contribution in [2.75, 3.05) is 26.7 Å². The van der Waals surface area contributed by atoms with E-state index in [1.165, 1.54) is 4.31 Å². The highest BCUT2D eigenvalue weighted by Gasteiger charge is 2.36. The van der Waals surface area contributed by atoms with Gasteiger partial charge < -0.3 is 10.1 Å². The van der Waals surface area contributed by atoms with E-state index in [4.69, 9.17) is 4.74 Å². The molecule has 2 heterocycles. The lowest BCUT2D eigenvalue weighted by Crippen LogP contribution is -2.48. The van der Waals surface area contributed by atoms with Crippen LogP contribution in [0.3, 0.4) is 0 Å². The van der Waals surface area contributed by atoms with Gasteiger partial charge >= 0.3 is 5.69 Å². The Hall–Kier alpha value is -2.34. The monoisotopic (exact) mass is 432 g/mol. The first-order chi connectivity index (χ1) is 12.9. The summed E-state index contributed by atoms with van der Waals surface area (Å²) in [4.78, 5) is 13.8. The number of nitrogens with one attached hydrogen (secondary N) is 1. The predicted molar refractivity (Wildman–Crippen MR) is 101 cm³/mol. The molecule has 0 bridgehead atoms. The Morgan fingerprint density at radius 1 is 1.43 bits per heavy atom. The average Bonchev–Trinajstić information content (AvgIpc) is 2.68. The number of hydrogen-bond acceptors (Lipinski definition) is 7. The highest BCUT2D eigenvalue weighted by atomic mass is 35.5. The van der Waals surface area contributed by atoms with Crippen LogP contribution in [-0.2, 0) is 10.0 Å². The first kappa shape index (κ1) is 22.0. The van der Waals surface area contributed by atoms with Crippen LogP contribution in [0.25, 0.3) is 0 Å². The average molecular weight is 433 g/mol. The number of nitro benzene ring substituents is 1. The number of hydrogen-bond donors (Lipinski definition) is 1. The summed E-state index contributed by atoms with van der Waals surface area (Å²) in [5.74, 6) is -1.72. The molecule has 3 rings (SSSR count). The van der Waals surface area contributed by atoms with Crippen LogP contribution < -0.4 is 10.1 Å². The number of nitro groups is 1. The molecule has 152 valence electrons. The molecule has 0 saturated carbocycles. The topological polar surface area (TPSA) is 115 Å². The third kappa shape index (κ3) is 4.07. The lowest BCUT2D eigenvalue weighted by Gasteiger charge is -2.35. The first-order valence-corrected chi connectivity index (χ1v) is 9.44. The molecule has 1 N–H and O–H groups in total. The molecule has 1 atom stereocenters. The molecule has 1 saturated heterocycles. The standard InChI is InChI=1S/C16H17FN4O5S.ClH/c1-26-16-13(17)7-12(8-14(16)21(22)23)27(24,25)20-6-5-19-10-15(20)11-3-2-4-18-9-11;/h2-4,7-9,15,19H,5-6,10H2,1H3;1H. The summed E-state index contributed by atoms with van der Waals surface area (Å²) < 4.78 is 46.4. The lowest BCUT2D eigenvalue weighted by atomic mass is 10.1. The van der Waals surface area contributed by atoms with Crippen LogP contribution in [0.4, 0.5) is 10.1 Å². The third-order valence-corrected chi connectivity index (χ3v) is 6.15. The van der Waals surface area contributed by atoms with Crippen molar-refractivity contribution in [3.05, 3.63) is 58.2 Å². The normalized spacial score (nSPS) is 17.6. The van der Waals surface area contributed by atoms with Gasteiger partial charge in [0.25, 0.3) is 0 Å². The number of sulfonamides is 1. The molecule has 0 spiro atoms. The molecule has 0 aliphatic carbocycles. The van der Waals surface area contributed by atoms with Gasteiger partial charge in [0, 0.05) is 38.1 Å². The number of rotatable bonds is 5. The van der Waals surface area contributed by atoms with Crippen LogP contribution in [0.5, 0.6) is 5.75 Å². The fraction of sp³-hybridized carbons (Fsp3) is 0.312. The minimum absolute atomic E-state index is 0. The van der Waals surface area contributed by atoms with E-state index < -0.39 is 43.1 Å². The number of pyridine rings is 1. The lowest BCUT2D eigenvalue weighted by molar-refractivity contribution is -0.386. The molecular formula is C16H18ClFN4O5S. The molecule has 1 unspecified atom stereocenters. The molecule has 1 aromatic heterocycles. The Kier molecular flexibility index (Phi) is 6.88. The van der Waals surface area contributed by atoms with Gasteiger partial charge in [0.1, 0.15) is 0 Å². The van der Waals surface area contributed by atoms with E-state index in [-0.39, 0.29) is 19.0 Å². The van der Waals surface area contributed by atoms with E-state index in [2.05, 4.69) is 10.3 Å². The molecule has 0 radical (unpaired) electrons. The second kappa shape index (κ2) is 8.78. The number of nitrogens with zero attached hydrogens (tertiary/aromatic N) is 3. The van der Waals surface area contributed by atoms with Crippen molar-refractivity contribution in [3.8, 4) is 5.75 Å². The van der Waals surface area contributed by atoms with Crippen molar-refractivity contribution in [1.82, 2.24) is 14.6 Å². The summed E-state index contributed by atoms with van der Waals surface area (Å²) in [7, 11) is -3.12. The molecule has 12 heteroatoms. The van der Waals surface area contributed by atoms with Crippen LogP contribution in [0.1, 0.15) is 11.6 Å². The van der Waals surface area contributed by atoms with Crippen molar-refractivity contribution in [1.29, 1.82) is 0 Å². The smallest absolute Gasteiger partial charge is 0.315 e. The van der Waals surface area contributed by atoms with Crippen molar-refractivity contribution in [2.24, 2.45) is 0 Å². The fourth-order valence-electron chi connectivity index (χ4n) is 3.01. The SMILES string of the molecule is COc1c(F)cc(S(=O)(=O)N2CCNCC2c2cccnc2)cc1[N+](=O)[O-].Cl. The maximum Gasteiger partial charge on any atom is 0.315 e. The Morgan fingerprint density at radius 2 is 2.18 bits per heavy atom. The third-order valence-electron chi connectivity index (χ3n) is 4.27. The second-order valence-electron chi connectivity index (χ2n) is 5.84. The summed E-state index contributed by atoms with van der Waals surface area (Å²) in [6.45, 7) is 0.867. The van der Waals surface area contributed by atoms with Crippen molar-refractivity contribution in [3.63, 3.8) is 0 Å². The maximum absolute atomic E-state index is 14.3. The Labute approximate surface area is 167 Å². The van der Waals surface area contributed by atoms with Gasteiger partial charge in [-0.25, -0.2) is 12.8 Å². The number of benzene rings is 1. The van der Waals surface area contributed by atoms with Crippen LogP contribution in [0.2, 0.25) is 0 Å². The molecule has 2 aromatic rings. The highest BCUT2D eigenvalue weighted by Crippen LogP contribution is 2.35. The molecule has 1 aromatic carbocycles. The summed E-state index contributed by atoms with van der Waals surface area (Å²) in [6, 6.07) is 4.42. The van der Waals surface area contributed by atoms with Crippen LogP contribution in [0.15, 0.2) is 41.6 Å². The summed E-state index contributed by atoms with van der Waals surface area (Å²) in [5, 5.41) is 14.3. The van der Waals surface area contributed by atoms with Crippen molar-refractivity contribution in [2.45, 2.75) is 10.9 Å². The molecule has 0 amide bonds. The van der Waals surface area contributed by atoms with Crippen LogP contribution in [-0.4, -0.2) is 49.4 Å². The predicted octanol–water partition coefficient (Wildman–Crippen LogP) is 1.89. The summed E-state index contributed by atoms with van der Waals surface area (Å²) >= 11 is 0. The van der Waals surface area contributed by atoms with E-state index in [0.29, 0.717) is 18.7 Å². The largest absolute Gasteiger partial charge is 0.488 e. The zero-order valence-corrected chi connectivity index (χ0v) is 16.4. The van der Waals surface area contributed by atoms with E-state index in [9.17, 15) is 22.9 Å². The summed E-state index contributed by atoms with van der Waals surface area (Å²) in [5.41, 5.74) is -0.0825. The fourth-order valence-corrected chi connectivity index (χ4v) is 4.65. The molecular weight excluding hydrogens is 415 g/mol. The number of piperazine rings is 1. The second-order valence-corrected chi connectivity index (χ2v) is 7.73. The molecule has 1 aliphatic heterocycles. The van der Waals surface area contributed by atoms with Gasteiger partial charge in [-0.05, 0) is 17.7 Å². The summed E-state index contributed by atoms with van der Waals surface area (Å²) in [6.07, 6.45) is 3.12. The van der Waals surface area contributed by atoms with Crippen LogP contribution >= 0.6 is 12.4 Å². The number of methoxy groups -OCH3 is 1. The van der Waals surface area contributed by atoms with Crippen molar-refractivity contribution < 1.29 is 22.5 Å². The van der Waals surface area contributed by atoms with E-state index in [1.807, 2.05) is 0 Å². The first-order valence-electron chi connectivity index (χ1n) is 8.00. The number of aromatic nitrogens is 1. The Balaban J connectivity index is 0.00000280. The van der Waals surface area contributed by atoms with Gasteiger partial charge in [-0.3, -0.25) is 15.1 Å².